The third-order valence-corrected chi connectivity index (χ3v) is 8.83. The fourth-order valence-electron chi connectivity index (χ4n) is 1.99. The van der Waals surface area contributed by atoms with E-state index in [1.165, 1.54) is 0 Å². The zero-order chi connectivity index (χ0) is 16.1. The monoisotopic (exact) mass is 306 g/mol. The molecule has 0 saturated carbocycles. The first-order chi connectivity index (χ1) is 9.67. The van der Waals surface area contributed by atoms with E-state index in [1.54, 1.807) is 6.08 Å². The smallest absolute Gasteiger partial charge is 0.192 e. The molecule has 2 nitrogen and oxygen atoms in total. The van der Waals surface area contributed by atoms with Gasteiger partial charge in [-0.25, -0.2) is 0 Å². The Hall–Kier alpha value is -0.903. The number of benzene rings is 1. The quantitative estimate of drug-likeness (QED) is 0.562. The first kappa shape index (κ1) is 18.1. The third kappa shape index (κ3) is 5.42. The van der Waals surface area contributed by atoms with Crippen LogP contribution in [0.25, 0.3) is 0 Å². The Morgan fingerprint density at radius 3 is 2.29 bits per heavy atom. The lowest BCUT2D eigenvalue weighted by molar-refractivity contribution is 0.0879. The first-order valence-corrected chi connectivity index (χ1v) is 10.6. The molecule has 1 N–H and O–H groups in total. The van der Waals surface area contributed by atoms with Crippen molar-refractivity contribution in [2.24, 2.45) is 0 Å². The molecule has 1 aromatic rings. The molecule has 0 aromatic heterocycles. The summed E-state index contributed by atoms with van der Waals surface area (Å²) < 4.78 is 6.55. The number of aliphatic hydroxyl groups excluding tert-OH is 1. The molecule has 1 aromatic carbocycles. The van der Waals surface area contributed by atoms with Crippen molar-refractivity contribution >= 4 is 8.32 Å². The Kier molecular flexibility index (Phi) is 6.38. The summed E-state index contributed by atoms with van der Waals surface area (Å²) in [7, 11) is -1.88. The third-order valence-electron chi connectivity index (χ3n) is 4.34. The molecule has 3 heteroatoms. The highest BCUT2D eigenvalue weighted by Gasteiger charge is 2.39. The van der Waals surface area contributed by atoms with Gasteiger partial charge >= 0.3 is 0 Å². The largest absolute Gasteiger partial charge is 0.410 e. The zero-order valence-electron chi connectivity index (χ0n) is 14.1. The van der Waals surface area contributed by atoms with Crippen molar-refractivity contribution in [3.8, 4) is 0 Å². The van der Waals surface area contributed by atoms with Crippen LogP contribution in [0.4, 0.5) is 0 Å². The molecule has 0 aliphatic rings. The van der Waals surface area contributed by atoms with E-state index >= 15 is 0 Å². The predicted molar refractivity (Wildman–Crippen MR) is 92.9 cm³/mol. The van der Waals surface area contributed by atoms with Crippen LogP contribution in [0.15, 0.2) is 43.0 Å². The SMILES string of the molecule is C=CC[C@@H](O)C[C@H](O[Si](C)(C)C(C)(C)C)c1ccccc1. The Morgan fingerprint density at radius 1 is 1.24 bits per heavy atom. The van der Waals surface area contributed by atoms with Crippen molar-refractivity contribution in [1.29, 1.82) is 0 Å². The maximum atomic E-state index is 10.1. The molecular weight excluding hydrogens is 276 g/mol. The van der Waals surface area contributed by atoms with Crippen LogP contribution in [0.2, 0.25) is 18.1 Å². The molecule has 0 aliphatic heterocycles. The second-order valence-corrected chi connectivity index (χ2v) is 11.9. The summed E-state index contributed by atoms with van der Waals surface area (Å²) in [5.41, 5.74) is 1.14. The number of aliphatic hydroxyl groups is 1. The van der Waals surface area contributed by atoms with Crippen LogP contribution >= 0.6 is 0 Å². The zero-order valence-corrected chi connectivity index (χ0v) is 15.1. The van der Waals surface area contributed by atoms with Crippen molar-refractivity contribution in [2.45, 2.75) is 64.0 Å². The lowest BCUT2D eigenvalue weighted by atomic mass is 10.0. The highest BCUT2D eigenvalue weighted by Crippen LogP contribution is 2.40. The summed E-state index contributed by atoms with van der Waals surface area (Å²) in [6.45, 7) is 14.9. The van der Waals surface area contributed by atoms with Crippen LogP contribution in [-0.4, -0.2) is 19.5 Å². The fraction of sp³-hybridized carbons (Fsp3) is 0.556. The molecule has 0 bridgehead atoms. The van der Waals surface area contributed by atoms with E-state index in [-0.39, 0.29) is 11.1 Å². The van der Waals surface area contributed by atoms with Gasteiger partial charge < -0.3 is 9.53 Å². The summed E-state index contributed by atoms with van der Waals surface area (Å²) >= 11 is 0. The molecule has 0 radical (unpaired) electrons. The highest BCUT2D eigenvalue weighted by molar-refractivity contribution is 6.74. The number of hydrogen-bond acceptors (Lipinski definition) is 2. The van der Waals surface area contributed by atoms with Crippen molar-refractivity contribution in [3.05, 3.63) is 48.6 Å². The van der Waals surface area contributed by atoms with Crippen LogP contribution in [0.3, 0.4) is 0 Å². The summed E-state index contributed by atoms with van der Waals surface area (Å²) in [6.07, 6.45) is 2.52. The second kappa shape index (κ2) is 7.39. The lowest BCUT2D eigenvalue weighted by Crippen LogP contribution is -2.42. The topological polar surface area (TPSA) is 29.5 Å². The molecule has 0 unspecified atom stereocenters. The van der Waals surface area contributed by atoms with Crippen LogP contribution in [0.5, 0.6) is 0 Å². The molecule has 118 valence electrons. The minimum absolute atomic E-state index is 0.0537. The molecular formula is C18H30O2Si. The Balaban J connectivity index is 2.95. The first-order valence-electron chi connectivity index (χ1n) is 7.69. The Labute approximate surface area is 131 Å². The van der Waals surface area contributed by atoms with Crippen molar-refractivity contribution in [3.63, 3.8) is 0 Å². The van der Waals surface area contributed by atoms with Crippen molar-refractivity contribution in [2.75, 3.05) is 0 Å². The molecule has 1 rings (SSSR count). The van der Waals surface area contributed by atoms with Gasteiger partial charge in [-0.15, -0.1) is 6.58 Å². The van der Waals surface area contributed by atoms with E-state index in [4.69, 9.17) is 4.43 Å². The van der Waals surface area contributed by atoms with Gasteiger partial charge in [0.1, 0.15) is 0 Å². The second-order valence-electron chi connectivity index (χ2n) is 7.19. The Morgan fingerprint density at radius 2 is 1.81 bits per heavy atom. The van der Waals surface area contributed by atoms with E-state index in [0.717, 1.165) is 5.56 Å². The van der Waals surface area contributed by atoms with E-state index in [1.807, 2.05) is 18.2 Å². The van der Waals surface area contributed by atoms with Crippen molar-refractivity contribution < 1.29 is 9.53 Å². The average Bonchev–Trinajstić information content (AvgIpc) is 2.37. The van der Waals surface area contributed by atoms with Crippen molar-refractivity contribution in [1.82, 2.24) is 0 Å². The number of hydrogen-bond donors (Lipinski definition) is 1. The maximum Gasteiger partial charge on any atom is 0.192 e. The standard InChI is InChI=1S/C18H30O2Si/c1-7-11-16(19)14-17(15-12-9-8-10-13-15)20-21(5,6)18(2,3)4/h7-10,12-13,16-17,19H,1,11,14H2,2-6H3/t16-,17+/m1/s1. The van der Waals surface area contributed by atoms with Gasteiger partial charge in [0.15, 0.2) is 8.32 Å². The summed E-state index contributed by atoms with van der Waals surface area (Å²) in [6, 6.07) is 10.2. The van der Waals surface area contributed by atoms with Gasteiger partial charge in [-0.05, 0) is 30.1 Å². The fourth-order valence-corrected chi connectivity index (χ4v) is 3.29. The molecule has 2 atom stereocenters. The van der Waals surface area contributed by atoms with Crippen LogP contribution in [0.1, 0.15) is 45.3 Å². The van der Waals surface area contributed by atoms with Crippen LogP contribution in [0, 0.1) is 0 Å². The van der Waals surface area contributed by atoms with E-state index in [9.17, 15) is 5.11 Å². The van der Waals surface area contributed by atoms with Gasteiger partial charge in [-0.2, -0.15) is 0 Å². The van der Waals surface area contributed by atoms with Gasteiger partial charge in [-0.3, -0.25) is 0 Å². The summed E-state index contributed by atoms with van der Waals surface area (Å²) in [4.78, 5) is 0. The predicted octanol–water partition coefficient (Wildman–Crippen LogP) is 5.08. The minimum Gasteiger partial charge on any atom is -0.410 e. The lowest BCUT2D eigenvalue weighted by Gasteiger charge is -2.40. The molecule has 0 aliphatic carbocycles. The summed E-state index contributed by atoms with van der Waals surface area (Å²) in [5, 5.41) is 10.3. The van der Waals surface area contributed by atoms with E-state index < -0.39 is 14.4 Å². The van der Waals surface area contributed by atoms with E-state index in [2.05, 4.69) is 52.6 Å². The maximum absolute atomic E-state index is 10.1. The minimum atomic E-state index is -1.88. The number of rotatable bonds is 7. The average molecular weight is 307 g/mol. The van der Waals surface area contributed by atoms with Gasteiger partial charge in [0.05, 0.1) is 12.2 Å². The molecule has 0 amide bonds. The van der Waals surface area contributed by atoms with E-state index in [0.29, 0.717) is 12.8 Å². The van der Waals surface area contributed by atoms with Gasteiger partial charge in [0.25, 0.3) is 0 Å². The molecule has 0 fully saturated rings. The summed E-state index contributed by atoms with van der Waals surface area (Å²) in [5.74, 6) is 0. The van der Waals surface area contributed by atoms with Crippen LogP contribution < -0.4 is 0 Å². The normalized spacial score (nSPS) is 15.5. The van der Waals surface area contributed by atoms with Crippen LogP contribution in [-0.2, 0) is 4.43 Å². The molecule has 0 spiro atoms. The van der Waals surface area contributed by atoms with Gasteiger partial charge in [-0.1, -0.05) is 57.2 Å². The molecule has 0 saturated heterocycles. The van der Waals surface area contributed by atoms with Gasteiger partial charge in [0.2, 0.25) is 0 Å². The molecule has 21 heavy (non-hydrogen) atoms. The van der Waals surface area contributed by atoms with Gasteiger partial charge in [0, 0.05) is 6.42 Å². The molecule has 0 heterocycles. The Bertz CT molecular complexity index is 434. The highest BCUT2D eigenvalue weighted by atomic mass is 28.4.